The second-order valence-corrected chi connectivity index (χ2v) is 4.37. The van der Waals surface area contributed by atoms with Crippen molar-refractivity contribution in [1.82, 2.24) is 4.98 Å². The number of nitrogens with zero attached hydrogens (tertiary/aromatic N) is 1. The molecule has 0 atom stereocenters. The maximum absolute atomic E-state index is 8.69. The molecule has 3 nitrogen and oxygen atoms in total. The fourth-order valence-corrected chi connectivity index (χ4v) is 1.74. The number of pyridine rings is 1. The number of benzene rings is 1. The van der Waals surface area contributed by atoms with Gasteiger partial charge in [0, 0.05) is 18.2 Å². The molecule has 1 aromatic heterocycles. The highest BCUT2D eigenvalue weighted by Gasteiger charge is 2.01. The number of hydrogen-bond acceptors (Lipinski definition) is 3. The molecule has 1 N–H and O–H groups in total. The fourth-order valence-electron chi connectivity index (χ4n) is 1.74. The molecule has 1 heterocycles. The van der Waals surface area contributed by atoms with E-state index < -0.39 is 0 Å². The Hall–Kier alpha value is -2.31. The molecule has 1 aromatic carbocycles. The number of hydrogen-bond donors (Lipinski definition) is 1. The Labute approximate surface area is 119 Å². The van der Waals surface area contributed by atoms with Crippen LogP contribution in [-0.4, -0.2) is 16.7 Å². The largest absolute Gasteiger partial charge is 0.487 e. The quantitative estimate of drug-likeness (QED) is 0.866. The summed E-state index contributed by atoms with van der Waals surface area (Å²) in [7, 11) is 0. The molecule has 0 aliphatic heterocycles. The highest BCUT2D eigenvalue weighted by molar-refractivity contribution is 5.43. The van der Waals surface area contributed by atoms with Crippen molar-refractivity contribution in [1.29, 1.82) is 0 Å². The van der Waals surface area contributed by atoms with Crippen LogP contribution in [0.3, 0.4) is 0 Å². The standard InChI is InChI=1S/C17H17NO2/c1-14-12-15(6-3-5-11-19)8-9-17(14)20-13-16-7-2-4-10-18-16/h2,4,7-10,12,19H,5,11,13H2,1H3. The molecule has 0 radical (unpaired) electrons. The lowest BCUT2D eigenvalue weighted by Crippen LogP contribution is -1.99. The molecular formula is C17H17NO2. The average molecular weight is 267 g/mol. The highest BCUT2D eigenvalue weighted by atomic mass is 16.5. The Bertz CT molecular complexity index is 612. The van der Waals surface area contributed by atoms with Crippen molar-refractivity contribution in [2.24, 2.45) is 0 Å². The zero-order valence-electron chi connectivity index (χ0n) is 11.5. The fraction of sp³-hybridized carbons (Fsp3) is 0.235. The number of ether oxygens (including phenoxy) is 1. The summed E-state index contributed by atoms with van der Waals surface area (Å²) in [5.41, 5.74) is 2.87. The molecule has 0 fully saturated rings. The van der Waals surface area contributed by atoms with Crippen molar-refractivity contribution in [3.05, 3.63) is 59.4 Å². The summed E-state index contributed by atoms with van der Waals surface area (Å²) in [6, 6.07) is 11.6. The third-order valence-electron chi connectivity index (χ3n) is 2.75. The first kappa shape index (κ1) is 14.1. The van der Waals surface area contributed by atoms with E-state index in [1.807, 2.05) is 43.3 Å². The number of aryl methyl sites for hydroxylation is 1. The Balaban J connectivity index is 2.01. The van der Waals surface area contributed by atoms with Gasteiger partial charge in [-0.1, -0.05) is 17.9 Å². The summed E-state index contributed by atoms with van der Waals surface area (Å²) in [5, 5.41) is 8.69. The van der Waals surface area contributed by atoms with Gasteiger partial charge in [0.15, 0.2) is 0 Å². The van der Waals surface area contributed by atoms with Gasteiger partial charge in [0.05, 0.1) is 12.3 Å². The molecule has 102 valence electrons. The van der Waals surface area contributed by atoms with Crippen molar-refractivity contribution in [3.8, 4) is 17.6 Å². The predicted molar refractivity (Wildman–Crippen MR) is 78.3 cm³/mol. The number of aliphatic hydroxyl groups is 1. The zero-order valence-corrected chi connectivity index (χ0v) is 11.5. The van der Waals surface area contributed by atoms with Gasteiger partial charge in [-0.2, -0.15) is 0 Å². The summed E-state index contributed by atoms with van der Waals surface area (Å²) < 4.78 is 5.75. The highest BCUT2D eigenvalue weighted by Crippen LogP contribution is 2.19. The van der Waals surface area contributed by atoms with Gasteiger partial charge in [-0.25, -0.2) is 0 Å². The van der Waals surface area contributed by atoms with E-state index in [1.54, 1.807) is 6.20 Å². The minimum absolute atomic E-state index is 0.0945. The van der Waals surface area contributed by atoms with Gasteiger partial charge in [0.25, 0.3) is 0 Å². The van der Waals surface area contributed by atoms with Gasteiger partial charge in [-0.3, -0.25) is 4.98 Å². The van der Waals surface area contributed by atoms with Gasteiger partial charge in [-0.15, -0.1) is 0 Å². The molecule has 0 aliphatic carbocycles. The van der Waals surface area contributed by atoms with Crippen molar-refractivity contribution in [2.45, 2.75) is 20.0 Å². The summed E-state index contributed by atoms with van der Waals surface area (Å²) in [5.74, 6) is 6.75. The van der Waals surface area contributed by atoms with Gasteiger partial charge in [0.1, 0.15) is 12.4 Å². The van der Waals surface area contributed by atoms with Gasteiger partial charge < -0.3 is 9.84 Å². The van der Waals surface area contributed by atoms with Crippen molar-refractivity contribution >= 4 is 0 Å². The molecule has 0 spiro atoms. The number of aromatic nitrogens is 1. The minimum atomic E-state index is 0.0945. The molecule has 0 saturated carbocycles. The molecule has 0 aliphatic rings. The van der Waals surface area contributed by atoms with Crippen LogP contribution in [0.2, 0.25) is 0 Å². The van der Waals surface area contributed by atoms with E-state index in [0.29, 0.717) is 13.0 Å². The lowest BCUT2D eigenvalue weighted by atomic mass is 10.1. The van der Waals surface area contributed by atoms with E-state index in [2.05, 4.69) is 16.8 Å². The molecule has 3 heteroatoms. The third-order valence-corrected chi connectivity index (χ3v) is 2.75. The average Bonchev–Trinajstić information content (AvgIpc) is 2.48. The maximum Gasteiger partial charge on any atom is 0.130 e. The smallest absolute Gasteiger partial charge is 0.130 e. The van der Waals surface area contributed by atoms with E-state index in [1.165, 1.54) is 0 Å². The third kappa shape index (κ3) is 4.11. The molecule has 0 bridgehead atoms. The predicted octanol–water partition coefficient (Wildman–Crippen LogP) is 2.70. The molecule has 20 heavy (non-hydrogen) atoms. The summed E-state index contributed by atoms with van der Waals surface area (Å²) in [6.45, 7) is 2.54. The molecule has 2 rings (SSSR count). The SMILES string of the molecule is Cc1cc(C#CCCO)ccc1OCc1ccccn1. The lowest BCUT2D eigenvalue weighted by molar-refractivity contribution is 0.299. The minimum Gasteiger partial charge on any atom is -0.487 e. The normalized spacial score (nSPS) is 9.70. The van der Waals surface area contributed by atoms with Crippen LogP contribution in [0.4, 0.5) is 0 Å². The molecule has 2 aromatic rings. The lowest BCUT2D eigenvalue weighted by Gasteiger charge is -2.08. The topological polar surface area (TPSA) is 42.4 Å². The van der Waals surface area contributed by atoms with Crippen molar-refractivity contribution in [2.75, 3.05) is 6.61 Å². The van der Waals surface area contributed by atoms with Crippen LogP contribution in [0.15, 0.2) is 42.6 Å². The van der Waals surface area contributed by atoms with Crippen LogP contribution in [0.25, 0.3) is 0 Å². The second-order valence-electron chi connectivity index (χ2n) is 4.37. The van der Waals surface area contributed by atoms with E-state index in [-0.39, 0.29) is 6.61 Å². The summed E-state index contributed by atoms with van der Waals surface area (Å²) in [4.78, 5) is 4.22. The first-order valence-electron chi connectivity index (χ1n) is 6.52. The van der Waals surface area contributed by atoms with Crippen LogP contribution in [0.5, 0.6) is 5.75 Å². The van der Waals surface area contributed by atoms with Gasteiger partial charge in [0.2, 0.25) is 0 Å². The number of aliphatic hydroxyl groups excluding tert-OH is 1. The van der Waals surface area contributed by atoms with E-state index in [9.17, 15) is 0 Å². The van der Waals surface area contributed by atoms with Crippen LogP contribution in [0.1, 0.15) is 23.2 Å². The molecule has 0 unspecified atom stereocenters. The second kappa shape index (κ2) is 7.32. The monoisotopic (exact) mass is 267 g/mol. The summed E-state index contributed by atoms with van der Waals surface area (Å²) in [6.07, 6.45) is 2.25. The van der Waals surface area contributed by atoms with Crippen LogP contribution in [0, 0.1) is 18.8 Å². The van der Waals surface area contributed by atoms with Crippen LogP contribution >= 0.6 is 0 Å². The van der Waals surface area contributed by atoms with Crippen molar-refractivity contribution < 1.29 is 9.84 Å². The summed E-state index contributed by atoms with van der Waals surface area (Å²) >= 11 is 0. The zero-order chi connectivity index (χ0) is 14.2. The molecule has 0 saturated heterocycles. The molecule has 0 amide bonds. The van der Waals surface area contributed by atoms with E-state index >= 15 is 0 Å². The number of rotatable bonds is 4. The Morgan fingerprint density at radius 1 is 1.25 bits per heavy atom. The Morgan fingerprint density at radius 2 is 2.15 bits per heavy atom. The Kier molecular flexibility index (Phi) is 5.16. The maximum atomic E-state index is 8.69. The Morgan fingerprint density at radius 3 is 2.85 bits per heavy atom. The first-order chi connectivity index (χ1) is 9.79. The van der Waals surface area contributed by atoms with Crippen LogP contribution in [-0.2, 0) is 6.61 Å². The van der Waals surface area contributed by atoms with Gasteiger partial charge >= 0.3 is 0 Å². The van der Waals surface area contributed by atoms with Crippen LogP contribution < -0.4 is 4.74 Å². The molecular weight excluding hydrogens is 250 g/mol. The van der Waals surface area contributed by atoms with E-state index in [0.717, 1.165) is 22.6 Å². The van der Waals surface area contributed by atoms with Gasteiger partial charge in [-0.05, 0) is 42.8 Å². The van der Waals surface area contributed by atoms with E-state index in [4.69, 9.17) is 9.84 Å². The first-order valence-corrected chi connectivity index (χ1v) is 6.52. The van der Waals surface area contributed by atoms with Crippen molar-refractivity contribution in [3.63, 3.8) is 0 Å².